The maximum absolute atomic E-state index is 12.1. The first-order valence-corrected chi connectivity index (χ1v) is 13.8. The first-order chi connectivity index (χ1) is 18.8. The summed E-state index contributed by atoms with van der Waals surface area (Å²) in [5.41, 5.74) is 7.54. The second-order valence-corrected chi connectivity index (χ2v) is 11.0. The topological polar surface area (TPSA) is 231 Å². The van der Waals surface area contributed by atoms with Crippen molar-refractivity contribution in [2.75, 3.05) is 5.73 Å². The van der Waals surface area contributed by atoms with Crippen LogP contribution in [0, 0.1) is 6.92 Å². The molecule has 0 unspecified atom stereocenters. The summed E-state index contributed by atoms with van der Waals surface area (Å²) in [6.45, 7) is 2.05. The number of nitrogens with zero attached hydrogens (tertiary/aromatic N) is 4. The van der Waals surface area contributed by atoms with E-state index < -0.39 is 41.2 Å². The van der Waals surface area contributed by atoms with Crippen molar-refractivity contribution < 1.29 is 40.6 Å². The standard InChI is InChI=1S/C24H19N5O9S2/c1-13-8-15(4-7-19(13)28-26-14-2-5-16(6-3-14)38-12-30)27-29-20-11-22(40(35,36)37)18-9-17(39(32,33)34)10-21(31)23(18)24(20)25/h2-12,31H,25H2,1H3,(H,32,33,34)(H,35,36,37). The van der Waals surface area contributed by atoms with Crippen LogP contribution in [-0.2, 0) is 25.0 Å². The molecule has 0 aliphatic rings. The number of nitrogen functional groups attached to an aromatic ring is 1. The minimum Gasteiger partial charge on any atom is -0.507 e. The summed E-state index contributed by atoms with van der Waals surface area (Å²) < 4.78 is 71.0. The molecule has 0 atom stereocenters. The number of azo groups is 2. The van der Waals surface area contributed by atoms with Gasteiger partial charge in [0.15, 0.2) is 0 Å². The van der Waals surface area contributed by atoms with E-state index in [2.05, 4.69) is 20.5 Å². The molecule has 0 aliphatic heterocycles. The van der Waals surface area contributed by atoms with Gasteiger partial charge < -0.3 is 15.6 Å². The van der Waals surface area contributed by atoms with Crippen molar-refractivity contribution in [2.45, 2.75) is 16.7 Å². The monoisotopic (exact) mass is 585 g/mol. The van der Waals surface area contributed by atoms with E-state index in [1.54, 1.807) is 49.4 Å². The zero-order valence-electron chi connectivity index (χ0n) is 20.3. The number of carbonyl (C=O) groups is 1. The van der Waals surface area contributed by atoms with E-state index in [0.717, 1.165) is 12.1 Å². The van der Waals surface area contributed by atoms with E-state index in [-0.39, 0.29) is 16.8 Å². The normalized spacial score (nSPS) is 12.4. The fourth-order valence-corrected chi connectivity index (χ4v) is 4.84. The first-order valence-electron chi connectivity index (χ1n) is 11.0. The molecule has 0 radical (unpaired) electrons. The predicted molar refractivity (Wildman–Crippen MR) is 142 cm³/mol. The second kappa shape index (κ2) is 10.8. The number of hydrogen-bond acceptors (Lipinski definition) is 12. The Hall–Kier alpha value is -4.77. The third kappa shape index (κ3) is 6.10. The zero-order valence-corrected chi connectivity index (χ0v) is 22.0. The molecule has 40 heavy (non-hydrogen) atoms. The maximum atomic E-state index is 12.1. The SMILES string of the molecule is Cc1cc(N=Nc2cc(S(=O)(=O)O)c3cc(S(=O)(=O)O)cc(O)c3c2N)ccc1N=Nc1ccc(OC=O)cc1. The highest BCUT2D eigenvalue weighted by atomic mass is 32.2. The number of rotatable bonds is 8. The minimum atomic E-state index is -4.97. The molecule has 0 bridgehead atoms. The number of phenolic OH excluding ortho intramolecular Hbond substituents is 1. The molecule has 4 aromatic rings. The van der Waals surface area contributed by atoms with Crippen LogP contribution >= 0.6 is 0 Å². The van der Waals surface area contributed by atoms with Gasteiger partial charge >= 0.3 is 0 Å². The number of fused-ring (bicyclic) bond motifs is 1. The zero-order chi connectivity index (χ0) is 29.2. The molecule has 0 aromatic heterocycles. The number of carbonyl (C=O) groups excluding carboxylic acids is 1. The molecule has 0 saturated carbocycles. The fraction of sp³-hybridized carbons (Fsp3) is 0.0417. The summed E-state index contributed by atoms with van der Waals surface area (Å²) in [6, 6.07) is 13.3. The Balaban J connectivity index is 1.69. The number of nitrogens with two attached hydrogens (primary N) is 1. The molecule has 16 heteroatoms. The van der Waals surface area contributed by atoms with Crippen LogP contribution in [0.5, 0.6) is 11.5 Å². The number of hydrogen-bond donors (Lipinski definition) is 4. The van der Waals surface area contributed by atoms with Gasteiger partial charge in [-0.25, -0.2) is 0 Å². The molecule has 0 heterocycles. The highest BCUT2D eigenvalue weighted by Crippen LogP contribution is 2.42. The molecule has 0 amide bonds. The van der Waals surface area contributed by atoms with Crippen LogP contribution in [0.2, 0.25) is 0 Å². The van der Waals surface area contributed by atoms with Gasteiger partial charge in [0, 0.05) is 11.5 Å². The van der Waals surface area contributed by atoms with E-state index in [4.69, 9.17) is 10.5 Å². The van der Waals surface area contributed by atoms with E-state index >= 15 is 0 Å². The van der Waals surface area contributed by atoms with Crippen LogP contribution in [-0.4, -0.2) is 37.5 Å². The van der Waals surface area contributed by atoms with Crippen molar-refractivity contribution in [2.24, 2.45) is 20.5 Å². The van der Waals surface area contributed by atoms with Crippen LogP contribution in [0.3, 0.4) is 0 Å². The molecular weight excluding hydrogens is 566 g/mol. The lowest BCUT2D eigenvalue weighted by Gasteiger charge is -2.12. The predicted octanol–water partition coefficient (Wildman–Crippen LogP) is 5.30. The van der Waals surface area contributed by atoms with Crippen LogP contribution < -0.4 is 10.5 Å². The van der Waals surface area contributed by atoms with E-state index in [1.165, 1.54) is 0 Å². The lowest BCUT2D eigenvalue weighted by Crippen LogP contribution is -2.04. The summed E-state index contributed by atoms with van der Waals surface area (Å²) >= 11 is 0. The molecule has 0 aliphatic carbocycles. The van der Waals surface area contributed by atoms with E-state index in [0.29, 0.717) is 40.9 Å². The minimum absolute atomic E-state index is 0.251. The van der Waals surface area contributed by atoms with E-state index in [1.807, 2.05) is 0 Å². The van der Waals surface area contributed by atoms with Crippen LogP contribution in [0.4, 0.5) is 28.4 Å². The number of aryl methyl sites for hydroxylation is 1. The molecule has 14 nitrogen and oxygen atoms in total. The third-order valence-electron chi connectivity index (χ3n) is 5.49. The molecule has 0 fully saturated rings. The van der Waals surface area contributed by atoms with Crippen LogP contribution in [0.1, 0.15) is 5.56 Å². The van der Waals surface area contributed by atoms with Crippen molar-refractivity contribution in [1.82, 2.24) is 0 Å². The van der Waals surface area contributed by atoms with Crippen molar-refractivity contribution in [3.63, 3.8) is 0 Å². The lowest BCUT2D eigenvalue weighted by molar-refractivity contribution is -0.120. The number of aromatic hydroxyl groups is 1. The number of phenols is 1. The molecule has 0 spiro atoms. The highest BCUT2D eigenvalue weighted by molar-refractivity contribution is 7.86. The Kier molecular flexibility index (Phi) is 7.61. The summed E-state index contributed by atoms with van der Waals surface area (Å²) in [5, 5.41) is 25.9. The molecular formula is C24H19N5O9S2. The average molecular weight is 586 g/mol. The fourth-order valence-electron chi connectivity index (χ4n) is 3.62. The first kappa shape index (κ1) is 28.2. The molecule has 5 N–H and O–H groups in total. The Morgan fingerprint density at radius 2 is 1.43 bits per heavy atom. The Morgan fingerprint density at radius 3 is 2.02 bits per heavy atom. The summed E-state index contributed by atoms with van der Waals surface area (Å²) in [6.07, 6.45) is 0. The van der Waals surface area contributed by atoms with Crippen molar-refractivity contribution in [3.8, 4) is 11.5 Å². The Bertz CT molecular complexity index is 1920. The number of ether oxygens (including phenoxy) is 1. The van der Waals surface area contributed by atoms with Gasteiger partial charge in [-0.1, -0.05) is 0 Å². The van der Waals surface area contributed by atoms with Gasteiger partial charge in [-0.2, -0.15) is 32.2 Å². The van der Waals surface area contributed by atoms with Crippen molar-refractivity contribution >= 4 is 65.9 Å². The second-order valence-electron chi connectivity index (χ2n) is 8.20. The van der Waals surface area contributed by atoms with Crippen LogP contribution in [0.25, 0.3) is 10.8 Å². The van der Waals surface area contributed by atoms with Gasteiger partial charge in [0.2, 0.25) is 0 Å². The average Bonchev–Trinajstić information content (AvgIpc) is 2.87. The number of benzene rings is 4. The van der Waals surface area contributed by atoms with Crippen molar-refractivity contribution in [1.29, 1.82) is 0 Å². The van der Waals surface area contributed by atoms with Gasteiger partial charge in [0.25, 0.3) is 26.7 Å². The van der Waals surface area contributed by atoms with E-state index in [9.17, 15) is 35.8 Å². The Morgan fingerprint density at radius 1 is 0.800 bits per heavy atom. The summed E-state index contributed by atoms with van der Waals surface area (Å²) in [7, 11) is -9.80. The van der Waals surface area contributed by atoms with Gasteiger partial charge in [-0.15, -0.1) is 5.11 Å². The maximum Gasteiger partial charge on any atom is 0.298 e. The summed E-state index contributed by atoms with van der Waals surface area (Å²) in [5.74, 6) is -0.422. The largest absolute Gasteiger partial charge is 0.507 e. The van der Waals surface area contributed by atoms with Crippen LogP contribution in [0.15, 0.2) is 90.9 Å². The van der Waals surface area contributed by atoms with Gasteiger partial charge in [-0.3, -0.25) is 13.9 Å². The summed E-state index contributed by atoms with van der Waals surface area (Å²) in [4.78, 5) is 8.76. The quantitative estimate of drug-likeness (QED) is 0.0902. The molecule has 0 saturated heterocycles. The molecule has 4 aromatic carbocycles. The smallest absolute Gasteiger partial charge is 0.298 e. The number of anilines is 1. The van der Waals surface area contributed by atoms with Gasteiger partial charge in [0.05, 0.1) is 33.0 Å². The lowest BCUT2D eigenvalue weighted by atomic mass is 10.1. The van der Waals surface area contributed by atoms with Gasteiger partial charge in [0.1, 0.15) is 22.1 Å². The molecule has 4 rings (SSSR count). The Labute approximate surface area is 227 Å². The third-order valence-corrected chi connectivity index (χ3v) is 7.22. The van der Waals surface area contributed by atoms with Gasteiger partial charge in [-0.05, 0) is 67.1 Å². The van der Waals surface area contributed by atoms with Crippen molar-refractivity contribution in [3.05, 3.63) is 66.2 Å². The molecule has 206 valence electrons. The highest BCUT2D eigenvalue weighted by Gasteiger charge is 2.24.